The van der Waals surface area contributed by atoms with E-state index >= 15 is 0 Å². The number of nitrogens with one attached hydrogen (secondary N) is 1. The molecule has 0 radical (unpaired) electrons. The van der Waals surface area contributed by atoms with Crippen molar-refractivity contribution in [3.8, 4) is 22.3 Å². The Balaban J connectivity index is 1.58. The summed E-state index contributed by atoms with van der Waals surface area (Å²) in [5.74, 6) is 0. The van der Waals surface area contributed by atoms with E-state index in [1.54, 1.807) is 0 Å². The third kappa shape index (κ3) is 4.26. The molecule has 36 heavy (non-hydrogen) atoms. The van der Waals surface area contributed by atoms with Gasteiger partial charge >= 0.3 is 0 Å². The second-order valence-electron chi connectivity index (χ2n) is 12.9. The van der Waals surface area contributed by atoms with Crippen molar-refractivity contribution >= 4 is 11.4 Å². The topological polar surface area (TPSA) is 12.0 Å². The molecule has 0 bridgehead atoms. The Morgan fingerprint density at radius 1 is 0.556 bits per heavy atom. The van der Waals surface area contributed by atoms with Crippen LogP contribution in [0.25, 0.3) is 22.3 Å². The van der Waals surface area contributed by atoms with Crippen molar-refractivity contribution in [2.24, 2.45) is 0 Å². The molecule has 1 N–H and O–H groups in total. The lowest BCUT2D eigenvalue weighted by molar-refractivity contribution is 0.569. The van der Waals surface area contributed by atoms with Crippen molar-refractivity contribution < 1.29 is 0 Å². The Morgan fingerprint density at radius 3 is 1.75 bits per heavy atom. The molecule has 1 nitrogen and oxygen atoms in total. The fraction of sp³-hybridized carbons (Fsp3) is 0.314. The summed E-state index contributed by atoms with van der Waals surface area (Å²) in [6, 6.07) is 31.5. The molecular formula is C35H39N. The lowest BCUT2D eigenvalue weighted by Gasteiger charge is -2.27. The number of para-hydroxylation sites is 1. The second-order valence-corrected chi connectivity index (χ2v) is 12.9. The molecule has 5 rings (SSSR count). The van der Waals surface area contributed by atoms with E-state index in [1.807, 2.05) is 0 Å². The zero-order valence-electron chi connectivity index (χ0n) is 23.1. The normalized spacial score (nSPS) is 14.3. The third-order valence-electron chi connectivity index (χ3n) is 7.77. The molecule has 0 atom stereocenters. The quantitative estimate of drug-likeness (QED) is 0.312. The maximum atomic E-state index is 3.78. The van der Waals surface area contributed by atoms with Crippen molar-refractivity contribution in [1.82, 2.24) is 0 Å². The van der Waals surface area contributed by atoms with Gasteiger partial charge < -0.3 is 5.32 Å². The first kappa shape index (κ1) is 24.4. The van der Waals surface area contributed by atoms with Gasteiger partial charge in [-0.3, -0.25) is 0 Å². The summed E-state index contributed by atoms with van der Waals surface area (Å²) >= 11 is 0. The highest BCUT2D eigenvalue weighted by Gasteiger charge is 2.35. The van der Waals surface area contributed by atoms with Gasteiger partial charge in [0.25, 0.3) is 0 Å². The van der Waals surface area contributed by atoms with Crippen LogP contribution in [0.1, 0.15) is 77.6 Å². The first-order valence-corrected chi connectivity index (χ1v) is 13.1. The van der Waals surface area contributed by atoms with Gasteiger partial charge in [-0.15, -0.1) is 0 Å². The maximum absolute atomic E-state index is 3.78. The first-order chi connectivity index (χ1) is 16.9. The molecule has 0 unspecified atom stereocenters. The Bertz CT molecular complexity index is 1410. The Morgan fingerprint density at radius 2 is 1.11 bits per heavy atom. The fourth-order valence-electron chi connectivity index (χ4n) is 5.43. The summed E-state index contributed by atoms with van der Waals surface area (Å²) in [4.78, 5) is 0. The highest BCUT2D eigenvalue weighted by molar-refractivity contribution is 5.85. The van der Waals surface area contributed by atoms with Gasteiger partial charge in [0.1, 0.15) is 0 Å². The molecular weight excluding hydrogens is 434 g/mol. The van der Waals surface area contributed by atoms with Crippen molar-refractivity contribution in [2.45, 2.75) is 71.6 Å². The van der Waals surface area contributed by atoms with E-state index < -0.39 is 0 Å². The number of hydrogen-bond acceptors (Lipinski definition) is 1. The van der Waals surface area contributed by atoms with Crippen LogP contribution < -0.4 is 5.32 Å². The van der Waals surface area contributed by atoms with Crippen LogP contribution in [-0.2, 0) is 16.2 Å². The molecule has 4 aromatic rings. The lowest BCUT2D eigenvalue weighted by atomic mass is 9.79. The standard InChI is InChI=1S/C35H39N/c1-33(2,3)24-19-23(20-25(21-24)34(4,5)6)27-13-10-12-16-32(27)36-26-17-18-29-28-14-9-11-15-30(28)35(7,8)31(29)22-26/h9-22,36H,1-8H3. The van der Waals surface area contributed by atoms with E-state index in [9.17, 15) is 0 Å². The lowest BCUT2D eigenvalue weighted by Crippen LogP contribution is -2.16. The van der Waals surface area contributed by atoms with Crippen LogP contribution in [0.5, 0.6) is 0 Å². The van der Waals surface area contributed by atoms with Gasteiger partial charge in [0.05, 0.1) is 0 Å². The molecule has 0 saturated heterocycles. The van der Waals surface area contributed by atoms with Crippen LogP contribution in [0.4, 0.5) is 11.4 Å². The molecule has 184 valence electrons. The first-order valence-electron chi connectivity index (χ1n) is 13.1. The fourth-order valence-corrected chi connectivity index (χ4v) is 5.43. The van der Waals surface area contributed by atoms with Crippen LogP contribution in [0.2, 0.25) is 0 Å². The van der Waals surface area contributed by atoms with Crippen LogP contribution in [0, 0.1) is 0 Å². The number of anilines is 2. The van der Waals surface area contributed by atoms with Gasteiger partial charge in [-0.05, 0) is 68.0 Å². The predicted molar refractivity (Wildman–Crippen MR) is 157 cm³/mol. The highest BCUT2D eigenvalue weighted by Crippen LogP contribution is 2.49. The third-order valence-corrected chi connectivity index (χ3v) is 7.77. The van der Waals surface area contributed by atoms with Gasteiger partial charge in [-0.2, -0.15) is 0 Å². The summed E-state index contributed by atoms with van der Waals surface area (Å²) in [5, 5.41) is 3.78. The second kappa shape index (κ2) is 8.37. The summed E-state index contributed by atoms with van der Waals surface area (Å²) in [5.41, 5.74) is 13.2. The van der Waals surface area contributed by atoms with Crippen molar-refractivity contribution in [3.63, 3.8) is 0 Å². The number of hydrogen-bond donors (Lipinski definition) is 1. The van der Waals surface area contributed by atoms with Crippen molar-refractivity contribution in [3.05, 3.63) is 107 Å². The summed E-state index contributed by atoms with van der Waals surface area (Å²) in [6.07, 6.45) is 0. The molecule has 0 heterocycles. The highest BCUT2D eigenvalue weighted by atomic mass is 14.9. The summed E-state index contributed by atoms with van der Waals surface area (Å²) in [7, 11) is 0. The van der Waals surface area contributed by atoms with Crippen LogP contribution >= 0.6 is 0 Å². The van der Waals surface area contributed by atoms with Gasteiger partial charge in [0.2, 0.25) is 0 Å². The van der Waals surface area contributed by atoms with Gasteiger partial charge in [-0.25, -0.2) is 0 Å². The smallest absolute Gasteiger partial charge is 0.0463 e. The van der Waals surface area contributed by atoms with Gasteiger partial charge in [0.15, 0.2) is 0 Å². The zero-order valence-corrected chi connectivity index (χ0v) is 23.1. The van der Waals surface area contributed by atoms with E-state index in [2.05, 4.69) is 146 Å². The molecule has 0 spiro atoms. The molecule has 1 aliphatic rings. The molecule has 0 saturated carbocycles. The molecule has 0 fully saturated rings. The predicted octanol–water partition coefficient (Wildman–Crippen LogP) is 10.00. The molecule has 1 heteroatoms. The zero-order chi connectivity index (χ0) is 25.9. The minimum absolute atomic E-state index is 0.00815. The van der Waals surface area contributed by atoms with E-state index in [0.29, 0.717) is 0 Å². The SMILES string of the molecule is CC(C)(C)c1cc(-c2ccccc2Nc2ccc3c(c2)C(C)(C)c2ccccc2-3)cc(C(C)(C)C)c1. The maximum Gasteiger partial charge on any atom is 0.0463 e. The van der Waals surface area contributed by atoms with Crippen LogP contribution in [-0.4, -0.2) is 0 Å². The molecule has 0 aromatic heterocycles. The van der Waals surface area contributed by atoms with Crippen LogP contribution in [0.3, 0.4) is 0 Å². The molecule has 0 aliphatic heterocycles. The summed E-state index contributed by atoms with van der Waals surface area (Å²) in [6.45, 7) is 18.5. The number of fused-ring (bicyclic) bond motifs is 3. The number of benzene rings is 4. The van der Waals surface area contributed by atoms with E-state index in [4.69, 9.17) is 0 Å². The van der Waals surface area contributed by atoms with E-state index in [0.717, 1.165) is 11.4 Å². The Labute approximate surface area is 217 Å². The average Bonchev–Trinajstić information content (AvgIpc) is 3.05. The molecule has 0 amide bonds. The molecule has 1 aliphatic carbocycles. The largest absolute Gasteiger partial charge is 0.355 e. The van der Waals surface area contributed by atoms with Gasteiger partial charge in [-0.1, -0.05) is 122 Å². The van der Waals surface area contributed by atoms with Crippen LogP contribution in [0.15, 0.2) is 84.9 Å². The molecule has 4 aromatic carbocycles. The van der Waals surface area contributed by atoms with Crippen molar-refractivity contribution in [2.75, 3.05) is 5.32 Å². The minimum atomic E-state index is -0.00815. The monoisotopic (exact) mass is 473 g/mol. The Kier molecular flexibility index (Phi) is 5.67. The van der Waals surface area contributed by atoms with Gasteiger partial charge in [0, 0.05) is 22.4 Å². The minimum Gasteiger partial charge on any atom is -0.355 e. The Hall–Kier alpha value is -3.32. The van der Waals surface area contributed by atoms with Crippen molar-refractivity contribution in [1.29, 1.82) is 0 Å². The van der Waals surface area contributed by atoms with E-state index in [-0.39, 0.29) is 16.2 Å². The summed E-state index contributed by atoms with van der Waals surface area (Å²) < 4.78 is 0. The van der Waals surface area contributed by atoms with E-state index in [1.165, 1.54) is 44.5 Å². The average molecular weight is 474 g/mol. The number of rotatable bonds is 3.